The molecule has 2 fully saturated rings. The molecule has 1 atom stereocenters. The summed E-state index contributed by atoms with van der Waals surface area (Å²) in [5.74, 6) is 3.69. The molecule has 0 aromatic rings. The molecule has 1 heterocycles. The first-order valence-corrected chi connectivity index (χ1v) is 7.07. The van der Waals surface area contributed by atoms with Crippen LogP contribution in [-0.2, 0) is 0 Å². The topological polar surface area (TPSA) is 38.0 Å². The van der Waals surface area contributed by atoms with Crippen LogP contribution in [-0.4, -0.2) is 30.1 Å². The van der Waals surface area contributed by atoms with Gasteiger partial charge >= 0.3 is 0 Å². The smallest absolute Gasteiger partial charge is 0.00683 e. The van der Waals surface area contributed by atoms with Crippen LogP contribution in [0.15, 0.2) is 0 Å². The molecule has 3 heteroatoms. The van der Waals surface area contributed by atoms with Crippen LogP contribution in [0.1, 0.15) is 32.1 Å². The fraction of sp³-hybridized carbons (Fsp3) is 1.00. The first kappa shape index (κ1) is 10.8. The van der Waals surface area contributed by atoms with E-state index in [0.29, 0.717) is 6.04 Å². The van der Waals surface area contributed by atoms with Gasteiger partial charge in [-0.2, -0.15) is 11.8 Å². The number of thioether (sulfide) groups is 1. The molecule has 2 aliphatic rings. The number of hydrogen-bond acceptors (Lipinski definition) is 3. The molecule has 0 amide bonds. The Labute approximate surface area is 91.4 Å². The highest BCUT2D eigenvalue weighted by atomic mass is 32.2. The molecule has 0 aromatic heterocycles. The van der Waals surface area contributed by atoms with Crippen molar-refractivity contribution >= 4 is 11.8 Å². The highest BCUT2D eigenvalue weighted by molar-refractivity contribution is 7.99. The quantitative estimate of drug-likeness (QED) is 0.749. The summed E-state index contributed by atoms with van der Waals surface area (Å²) < 4.78 is 0. The van der Waals surface area contributed by atoms with Gasteiger partial charge in [0, 0.05) is 12.1 Å². The average molecular weight is 214 g/mol. The van der Waals surface area contributed by atoms with Gasteiger partial charge in [-0.25, -0.2) is 0 Å². The molecule has 14 heavy (non-hydrogen) atoms. The zero-order chi connectivity index (χ0) is 9.80. The monoisotopic (exact) mass is 214 g/mol. The van der Waals surface area contributed by atoms with Crippen molar-refractivity contribution in [3.8, 4) is 0 Å². The Morgan fingerprint density at radius 2 is 1.93 bits per heavy atom. The fourth-order valence-electron chi connectivity index (χ4n) is 2.40. The zero-order valence-electron chi connectivity index (χ0n) is 8.87. The highest BCUT2D eigenvalue weighted by Gasteiger charge is 2.20. The van der Waals surface area contributed by atoms with Crippen LogP contribution in [0, 0.1) is 5.92 Å². The zero-order valence-corrected chi connectivity index (χ0v) is 9.69. The number of nitrogens with one attached hydrogen (secondary N) is 1. The van der Waals surface area contributed by atoms with Gasteiger partial charge in [0.05, 0.1) is 0 Å². The van der Waals surface area contributed by atoms with E-state index >= 15 is 0 Å². The molecule has 1 saturated carbocycles. The molecule has 3 N–H and O–H groups in total. The molecular formula is C11H22N2S. The molecule has 1 unspecified atom stereocenters. The van der Waals surface area contributed by atoms with E-state index < -0.39 is 0 Å². The van der Waals surface area contributed by atoms with Gasteiger partial charge in [-0.15, -0.1) is 0 Å². The van der Waals surface area contributed by atoms with E-state index in [1.54, 1.807) is 0 Å². The molecule has 0 radical (unpaired) electrons. The van der Waals surface area contributed by atoms with E-state index in [1.807, 2.05) is 0 Å². The van der Waals surface area contributed by atoms with Crippen LogP contribution in [0.4, 0.5) is 0 Å². The van der Waals surface area contributed by atoms with Crippen molar-refractivity contribution in [1.29, 1.82) is 0 Å². The maximum absolute atomic E-state index is 5.88. The summed E-state index contributed by atoms with van der Waals surface area (Å²) in [4.78, 5) is 0. The van der Waals surface area contributed by atoms with Crippen LogP contribution in [0.5, 0.6) is 0 Å². The predicted molar refractivity (Wildman–Crippen MR) is 63.7 cm³/mol. The van der Waals surface area contributed by atoms with Gasteiger partial charge in [0.2, 0.25) is 0 Å². The first-order chi connectivity index (χ1) is 6.84. The third-order valence-corrected chi connectivity index (χ3v) is 4.72. The van der Waals surface area contributed by atoms with Gasteiger partial charge in [-0.05, 0) is 56.1 Å². The third kappa shape index (κ3) is 3.14. The van der Waals surface area contributed by atoms with E-state index in [-0.39, 0.29) is 0 Å². The Balaban J connectivity index is 1.60. The first-order valence-electron chi connectivity index (χ1n) is 5.91. The molecular weight excluding hydrogens is 192 g/mol. The maximum atomic E-state index is 5.88. The Bertz CT molecular complexity index is 161. The van der Waals surface area contributed by atoms with E-state index in [1.165, 1.54) is 50.2 Å². The molecule has 0 aromatic carbocycles. The van der Waals surface area contributed by atoms with Gasteiger partial charge < -0.3 is 11.1 Å². The average Bonchev–Trinajstić information content (AvgIpc) is 2.70. The van der Waals surface area contributed by atoms with Crippen LogP contribution in [0.3, 0.4) is 0 Å². The van der Waals surface area contributed by atoms with Gasteiger partial charge in [0.1, 0.15) is 0 Å². The Morgan fingerprint density at radius 1 is 1.14 bits per heavy atom. The molecule has 1 aliphatic carbocycles. The lowest BCUT2D eigenvalue weighted by atomic mass is 9.91. The molecule has 2 rings (SSSR count). The lowest BCUT2D eigenvalue weighted by Gasteiger charge is -2.27. The maximum Gasteiger partial charge on any atom is 0.00683 e. The van der Waals surface area contributed by atoms with E-state index in [4.69, 9.17) is 5.73 Å². The number of hydrogen-bond donors (Lipinski definition) is 2. The molecule has 1 saturated heterocycles. The van der Waals surface area contributed by atoms with Crippen molar-refractivity contribution in [3.05, 3.63) is 0 Å². The van der Waals surface area contributed by atoms with Gasteiger partial charge in [0.15, 0.2) is 0 Å². The normalized spacial score (nSPS) is 38.8. The van der Waals surface area contributed by atoms with E-state index in [9.17, 15) is 0 Å². The van der Waals surface area contributed by atoms with Crippen LogP contribution in [0.25, 0.3) is 0 Å². The summed E-state index contributed by atoms with van der Waals surface area (Å²) in [5, 5.41) is 3.72. The van der Waals surface area contributed by atoms with Gasteiger partial charge in [-0.3, -0.25) is 0 Å². The van der Waals surface area contributed by atoms with Crippen LogP contribution >= 0.6 is 11.8 Å². The van der Waals surface area contributed by atoms with Crippen molar-refractivity contribution in [1.82, 2.24) is 5.32 Å². The summed E-state index contributed by atoms with van der Waals surface area (Å²) in [6, 6.07) is 1.25. The van der Waals surface area contributed by atoms with Gasteiger partial charge in [-0.1, -0.05) is 0 Å². The summed E-state index contributed by atoms with van der Waals surface area (Å²) in [7, 11) is 0. The molecule has 82 valence electrons. The van der Waals surface area contributed by atoms with E-state index in [0.717, 1.165) is 12.0 Å². The van der Waals surface area contributed by atoms with Crippen molar-refractivity contribution in [2.24, 2.45) is 11.7 Å². The predicted octanol–water partition coefficient (Wildman–Crippen LogP) is 1.60. The lowest BCUT2D eigenvalue weighted by Crippen LogP contribution is -2.39. The molecule has 0 spiro atoms. The minimum absolute atomic E-state index is 0.482. The van der Waals surface area contributed by atoms with Crippen molar-refractivity contribution in [2.45, 2.75) is 44.2 Å². The highest BCUT2D eigenvalue weighted by Crippen LogP contribution is 2.23. The van der Waals surface area contributed by atoms with Crippen molar-refractivity contribution < 1.29 is 0 Å². The summed E-state index contributed by atoms with van der Waals surface area (Å²) in [5.41, 5.74) is 5.88. The second-order valence-electron chi connectivity index (χ2n) is 4.75. The van der Waals surface area contributed by atoms with E-state index in [2.05, 4.69) is 17.1 Å². The second-order valence-corrected chi connectivity index (χ2v) is 5.90. The summed E-state index contributed by atoms with van der Waals surface area (Å²) in [6.45, 7) is 1.24. The molecule has 0 bridgehead atoms. The van der Waals surface area contributed by atoms with Gasteiger partial charge in [0.25, 0.3) is 0 Å². The SMILES string of the molecule is NC1CCC(NCC2CCSC2)CC1. The Morgan fingerprint density at radius 3 is 2.57 bits per heavy atom. The summed E-state index contributed by atoms with van der Waals surface area (Å²) in [6.07, 6.45) is 6.44. The van der Waals surface area contributed by atoms with Crippen LogP contribution < -0.4 is 11.1 Å². The fourth-order valence-corrected chi connectivity index (χ4v) is 3.69. The molecule has 1 aliphatic heterocycles. The standard InChI is InChI=1S/C11H22N2S/c12-10-1-3-11(4-2-10)13-7-9-5-6-14-8-9/h9-11,13H,1-8,12H2. The molecule has 2 nitrogen and oxygen atoms in total. The lowest BCUT2D eigenvalue weighted by molar-refractivity contribution is 0.329. The van der Waals surface area contributed by atoms with Crippen molar-refractivity contribution in [2.75, 3.05) is 18.1 Å². The minimum atomic E-state index is 0.482. The summed E-state index contributed by atoms with van der Waals surface area (Å²) >= 11 is 2.11. The Kier molecular flexibility index (Phi) is 4.14. The Hall–Kier alpha value is 0.270. The van der Waals surface area contributed by atoms with Crippen LogP contribution in [0.2, 0.25) is 0 Å². The third-order valence-electron chi connectivity index (χ3n) is 3.49. The minimum Gasteiger partial charge on any atom is -0.328 e. The number of rotatable bonds is 3. The largest absolute Gasteiger partial charge is 0.328 e. The number of nitrogens with two attached hydrogens (primary N) is 1. The van der Waals surface area contributed by atoms with Crippen molar-refractivity contribution in [3.63, 3.8) is 0 Å². The second kappa shape index (κ2) is 5.38.